The van der Waals surface area contributed by atoms with E-state index in [2.05, 4.69) is 10.3 Å². The summed E-state index contributed by atoms with van der Waals surface area (Å²) in [5, 5.41) is 3.05. The molecule has 154 valence electrons. The number of alkyl halides is 3. The van der Waals surface area contributed by atoms with Crippen LogP contribution in [0.2, 0.25) is 0 Å². The number of rotatable bonds is 7. The van der Waals surface area contributed by atoms with Crippen LogP contribution in [0.5, 0.6) is 5.75 Å². The van der Waals surface area contributed by atoms with E-state index >= 15 is 0 Å². The molecule has 2 aromatic rings. The molecule has 1 aromatic carbocycles. The molecule has 0 spiro atoms. The van der Waals surface area contributed by atoms with Crippen molar-refractivity contribution >= 4 is 23.5 Å². The number of carbonyl (C=O) groups excluding carboxylic acids is 1. The zero-order valence-corrected chi connectivity index (χ0v) is 16.1. The van der Waals surface area contributed by atoms with Crippen LogP contribution in [0, 0.1) is 5.92 Å². The topological polar surface area (TPSA) is 73.2 Å². The molecule has 1 aliphatic heterocycles. The van der Waals surface area contributed by atoms with Crippen LogP contribution in [-0.2, 0) is 11.2 Å². The second-order valence-electron chi connectivity index (χ2n) is 7.07. The maximum Gasteiger partial charge on any atom is 0.422 e. The summed E-state index contributed by atoms with van der Waals surface area (Å²) in [6, 6.07) is 5.78. The number of halogens is 3. The van der Waals surface area contributed by atoms with Crippen LogP contribution in [0.25, 0.3) is 5.69 Å². The molecule has 0 bridgehead atoms. The van der Waals surface area contributed by atoms with E-state index < -0.39 is 12.8 Å². The molecular weight excluding hydrogens is 407 g/mol. The Balaban J connectivity index is 1.63. The van der Waals surface area contributed by atoms with Crippen LogP contribution in [0.1, 0.15) is 24.8 Å². The number of hydrogen-bond donors (Lipinski definition) is 1. The van der Waals surface area contributed by atoms with Crippen molar-refractivity contribution in [3.05, 3.63) is 40.2 Å². The number of amides is 1. The molecule has 29 heavy (non-hydrogen) atoms. The van der Waals surface area contributed by atoms with Crippen molar-refractivity contribution in [3.63, 3.8) is 0 Å². The first kappa shape index (κ1) is 19.8. The van der Waals surface area contributed by atoms with Crippen molar-refractivity contribution in [3.8, 4) is 11.4 Å². The van der Waals surface area contributed by atoms with Gasteiger partial charge in [0, 0.05) is 5.75 Å². The summed E-state index contributed by atoms with van der Waals surface area (Å²) < 4.78 is 43.1. The Bertz CT molecular complexity index is 985. The minimum Gasteiger partial charge on any atom is -0.484 e. The van der Waals surface area contributed by atoms with E-state index in [0.29, 0.717) is 16.4 Å². The fourth-order valence-corrected chi connectivity index (χ4v) is 4.15. The summed E-state index contributed by atoms with van der Waals surface area (Å²) >= 11 is 1.43. The summed E-state index contributed by atoms with van der Waals surface area (Å²) in [6.07, 6.45) is -1.000. The number of thioether (sulfide) groups is 1. The number of hydrogen-bond acceptors (Lipinski definition) is 5. The number of anilines is 1. The van der Waals surface area contributed by atoms with Gasteiger partial charge in [-0.2, -0.15) is 13.2 Å². The van der Waals surface area contributed by atoms with Gasteiger partial charge < -0.3 is 10.1 Å². The van der Waals surface area contributed by atoms with Gasteiger partial charge in [0.15, 0.2) is 11.8 Å². The van der Waals surface area contributed by atoms with Crippen molar-refractivity contribution < 1.29 is 22.7 Å². The van der Waals surface area contributed by atoms with Crippen LogP contribution in [0.3, 0.4) is 0 Å². The number of aromatic nitrogens is 2. The summed E-state index contributed by atoms with van der Waals surface area (Å²) in [7, 11) is 0. The predicted octanol–water partition coefficient (Wildman–Crippen LogP) is 3.56. The highest BCUT2D eigenvalue weighted by Crippen LogP contribution is 2.35. The third-order valence-corrected chi connectivity index (χ3v) is 5.66. The van der Waals surface area contributed by atoms with Gasteiger partial charge in [-0.15, -0.1) is 0 Å². The molecule has 10 heteroatoms. The smallest absolute Gasteiger partial charge is 0.422 e. The summed E-state index contributed by atoms with van der Waals surface area (Å²) in [6.45, 7) is -1.39. The number of ether oxygens (including phenoxy) is 1. The fourth-order valence-electron chi connectivity index (χ4n) is 3.04. The lowest BCUT2D eigenvalue weighted by atomic mass is 10.2. The van der Waals surface area contributed by atoms with Gasteiger partial charge in [-0.25, -0.2) is 4.98 Å². The SMILES string of the molecule is O=C1Cc2c(nc(SCCC3CC3)n(-c3ccc(OCC(F)(F)F)cc3)c2=O)N1. The Hall–Kier alpha value is -2.49. The number of carbonyl (C=O) groups is 1. The van der Waals surface area contributed by atoms with Crippen molar-refractivity contribution in [2.75, 3.05) is 17.7 Å². The molecule has 2 aliphatic rings. The first-order chi connectivity index (χ1) is 13.8. The standard InChI is InChI=1S/C19H18F3N3O3S/c20-19(21,22)10-28-13-5-3-12(4-6-13)25-17(27)14-9-15(26)23-16(14)24-18(25)29-8-7-11-1-2-11/h3-6,11H,1-2,7-10H2,(H,23,26). The first-order valence-corrected chi connectivity index (χ1v) is 10.2. The number of fused-ring (bicyclic) bond motifs is 1. The third-order valence-electron chi connectivity index (χ3n) is 4.69. The minimum atomic E-state index is -4.43. The van der Waals surface area contributed by atoms with Gasteiger partial charge in [0.2, 0.25) is 5.91 Å². The van der Waals surface area contributed by atoms with Gasteiger partial charge in [-0.05, 0) is 36.6 Å². The second-order valence-corrected chi connectivity index (χ2v) is 8.13. The molecule has 1 N–H and O–H groups in total. The van der Waals surface area contributed by atoms with Gasteiger partial charge in [0.1, 0.15) is 11.6 Å². The maximum absolute atomic E-state index is 13.0. The Morgan fingerprint density at radius 1 is 1.21 bits per heavy atom. The van der Waals surface area contributed by atoms with E-state index in [4.69, 9.17) is 4.74 Å². The number of nitrogens with one attached hydrogen (secondary N) is 1. The first-order valence-electron chi connectivity index (χ1n) is 9.19. The number of nitrogens with zero attached hydrogens (tertiary/aromatic N) is 2. The molecule has 1 aliphatic carbocycles. The zero-order chi connectivity index (χ0) is 20.6. The lowest BCUT2D eigenvalue weighted by Crippen LogP contribution is -2.24. The van der Waals surface area contributed by atoms with Crippen molar-refractivity contribution in [2.24, 2.45) is 5.92 Å². The summed E-state index contributed by atoms with van der Waals surface area (Å²) in [5.74, 6) is 1.56. The molecule has 1 amide bonds. The van der Waals surface area contributed by atoms with E-state index in [9.17, 15) is 22.8 Å². The van der Waals surface area contributed by atoms with Crippen LogP contribution >= 0.6 is 11.8 Å². The van der Waals surface area contributed by atoms with E-state index in [1.165, 1.54) is 53.4 Å². The largest absolute Gasteiger partial charge is 0.484 e. The quantitative estimate of drug-likeness (QED) is 0.543. The summed E-state index contributed by atoms with van der Waals surface area (Å²) in [4.78, 5) is 29.2. The molecule has 1 fully saturated rings. The van der Waals surface area contributed by atoms with Gasteiger partial charge >= 0.3 is 6.18 Å². The van der Waals surface area contributed by atoms with Gasteiger partial charge in [-0.3, -0.25) is 14.2 Å². The van der Waals surface area contributed by atoms with Gasteiger partial charge in [-0.1, -0.05) is 24.6 Å². The van der Waals surface area contributed by atoms with Crippen molar-refractivity contribution in [2.45, 2.75) is 37.0 Å². The average Bonchev–Trinajstić information content (AvgIpc) is 3.40. The summed E-state index contributed by atoms with van der Waals surface area (Å²) in [5.41, 5.74) is 0.392. The molecule has 2 heterocycles. The number of benzene rings is 1. The maximum atomic E-state index is 13.0. The highest BCUT2D eigenvalue weighted by atomic mass is 32.2. The van der Waals surface area contributed by atoms with Gasteiger partial charge in [0.05, 0.1) is 17.7 Å². The van der Waals surface area contributed by atoms with E-state index in [0.717, 1.165) is 18.1 Å². The average molecular weight is 425 g/mol. The zero-order valence-electron chi connectivity index (χ0n) is 15.3. The van der Waals surface area contributed by atoms with Crippen LogP contribution in [0.15, 0.2) is 34.2 Å². The molecule has 6 nitrogen and oxygen atoms in total. The molecule has 0 atom stereocenters. The fraction of sp³-hybridized carbons (Fsp3) is 0.421. The second kappa shape index (κ2) is 7.74. The monoisotopic (exact) mass is 425 g/mol. The minimum absolute atomic E-state index is 0.0407. The molecule has 0 radical (unpaired) electrons. The van der Waals surface area contributed by atoms with E-state index in [-0.39, 0.29) is 29.5 Å². The highest BCUT2D eigenvalue weighted by Gasteiger charge is 2.29. The van der Waals surface area contributed by atoms with E-state index in [1.807, 2.05) is 0 Å². The third kappa shape index (κ3) is 4.75. The van der Waals surface area contributed by atoms with Crippen LogP contribution < -0.4 is 15.6 Å². The molecule has 0 saturated heterocycles. The molecular formula is C19H18F3N3O3S. The molecule has 4 rings (SSSR count). The van der Waals surface area contributed by atoms with Crippen molar-refractivity contribution in [1.82, 2.24) is 9.55 Å². The van der Waals surface area contributed by atoms with Gasteiger partial charge in [0.25, 0.3) is 5.56 Å². The molecule has 1 aromatic heterocycles. The van der Waals surface area contributed by atoms with Crippen molar-refractivity contribution in [1.29, 1.82) is 0 Å². The lowest BCUT2D eigenvalue weighted by molar-refractivity contribution is -0.153. The Morgan fingerprint density at radius 2 is 1.93 bits per heavy atom. The Kier molecular flexibility index (Phi) is 5.28. The normalized spacial score (nSPS) is 15.9. The highest BCUT2D eigenvalue weighted by molar-refractivity contribution is 7.99. The molecule has 0 unspecified atom stereocenters. The molecule has 1 saturated carbocycles. The Labute approximate surface area is 168 Å². The van der Waals surface area contributed by atoms with E-state index in [1.54, 1.807) is 0 Å². The Morgan fingerprint density at radius 3 is 2.59 bits per heavy atom. The van der Waals surface area contributed by atoms with Crippen LogP contribution in [0.4, 0.5) is 19.0 Å². The predicted molar refractivity (Wildman–Crippen MR) is 102 cm³/mol. The van der Waals surface area contributed by atoms with Crippen LogP contribution in [-0.4, -0.2) is 34.0 Å². The lowest BCUT2D eigenvalue weighted by Gasteiger charge is -2.14.